The number of hydrogen-bond acceptors (Lipinski definition) is 8. The highest BCUT2D eigenvalue weighted by atomic mass is 32.2. The topological polar surface area (TPSA) is 145 Å². The number of sulfonamides is 1. The van der Waals surface area contributed by atoms with E-state index in [2.05, 4.69) is 9.71 Å². The summed E-state index contributed by atoms with van der Waals surface area (Å²) >= 11 is 0. The van der Waals surface area contributed by atoms with Gasteiger partial charge in [0.2, 0.25) is 0 Å². The molecule has 2 aromatic carbocycles. The van der Waals surface area contributed by atoms with Crippen molar-refractivity contribution in [3.05, 3.63) is 52.8 Å². The third-order valence-electron chi connectivity index (χ3n) is 6.40. The lowest BCUT2D eigenvalue weighted by Crippen LogP contribution is -2.19. The smallest absolute Gasteiger partial charge is 0.328 e. The zero-order valence-electron chi connectivity index (χ0n) is 23.4. The molecule has 13 heteroatoms. The van der Waals surface area contributed by atoms with E-state index in [0.717, 1.165) is 19.3 Å². The number of aromatic nitrogens is 4. The van der Waals surface area contributed by atoms with Gasteiger partial charge in [0, 0.05) is 51.6 Å². The largest absolute Gasteiger partial charge is 0.493 e. The lowest BCUT2D eigenvalue weighted by Gasteiger charge is -2.16. The molecule has 40 heavy (non-hydrogen) atoms. The number of nitrogens with one attached hydrogen (secondary N) is 1. The Morgan fingerprint density at radius 2 is 1.55 bits per heavy atom. The zero-order chi connectivity index (χ0) is 29.0. The maximum atomic E-state index is 13.3. The first-order chi connectivity index (χ1) is 19.0. The second-order valence-corrected chi connectivity index (χ2v) is 11.1. The predicted octanol–water partition coefficient (Wildman–Crippen LogP) is 3.42. The van der Waals surface area contributed by atoms with E-state index < -0.39 is 10.0 Å². The molecule has 0 bridgehead atoms. The van der Waals surface area contributed by atoms with Crippen molar-refractivity contribution in [3.8, 4) is 23.0 Å². The van der Waals surface area contributed by atoms with Gasteiger partial charge < -0.3 is 24.5 Å². The molecule has 0 aliphatic heterocycles. The van der Waals surface area contributed by atoms with Crippen LogP contribution >= 0.6 is 0 Å². The SMILES string of the molecule is CCCOc1cc(OCCCCN)cc(Oc2cc3c(cc2NS(=O)(=O)c2cn(C)c(C)n2)n(C)c(=O)n3C)c1. The molecule has 216 valence electrons. The van der Waals surface area contributed by atoms with Crippen molar-refractivity contribution >= 4 is 26.7 Å². The van der Waals surface area contributed by atoms with Gasteiger partial charge in [0.15, 0.2) is 10.8 Å². The van der Waals surface area contributed by atoms with E-state index in [1.54, 1.807) is 63.0 Å². The lowest BCUT2D eigenvalue weighted by atomic mass is 10.2. The zero-order valence-corrected chi connectivity index (χ0v) is 24.2. The molecule has 0 amide bonds. The summed E-state index contributed by atoms with van der Waals surface area (Å²) in [6.07, 6.45) is 3.88. The number of ether oxygens (including phenoxy) is 3. The van der Waals surface area contributed by atoms with Crippen molar-refractivity contribution in [1.82, 2.24) is 18.7 Å². The van der Waals surface area contributed by atoms with Crippen molar-refractivity contribution < 1.29 is 22.6 Å². The Balaban J connectivity index is 1.77. The highest BCUT2D eigenvalue weighted by Crippen LogP contribution is 2.37. The summed E-state index contributed by atoms with van der Waals surface area (Å²) in [5, 5.41) is -0.136. The van der Waals surface area contributed by atoms with Crippen molar-refractivity contribution in [1.29, 1.82) is 0 Å². The average molecular weight is 573 g/mol. The predicted molar refractivity (Wildman–Crippen MR) is 153 cm³/mol. The molecule has 0 saturated heterocycles. The number of unbranched alkanes of at least 4 members (excludes halogenated alkanes) is 1. The van der Waals surface area contributed by atoms with E-state index in [9.17, 15) is 13.2 Å². The summed E-state index contributed by atoms with van der Waals surface area (Å²) in [5.41, 5.74) is 6.56. The first-order valence-corrected chi connectivity index (χ1v) is 14.5. The van der Waals surface area contributed by atoms with Gasteiger partial charge in [0.25, 0.3) is 10.0 Å². The van der Waals surface area contributed by atoms with Crippen LogP contribution in [0.3, 0.4) is 0 Å². The van der Waals surface area contributed by atoms with Crippen LogP contribution < -0.4 is 30.4 Å². The number of anilines is 1. The van der Waals surface area contributed by atoms with Gasteiger partial charge in [-0.15, -0.1) is 0 Å². The molecule has 0 radical (unpaired) electrons. The molecule has 0 unspecified atom stereocenters. The van der Waals surface area contributed by atoms with Gasteiger partial charge in [0.1, 0.15) is 23.1 Å². The summed E-state index contributed by atoms with van der Waals surface area (Å²) in [6.45, 7) is 5.27. The number of nitrogens with two attached hydrogens (primary N) is 1. The quantitative estimate of drug-likeness (QED) is 0.232. The molecule has 2 heterocycles. The molecule has 0 aliphatic carbocycles. The molecule has 0 atom stereocenters. The first kappa shape index (κ1) is 29.0. The van der Waals surface area contributed by atoms with Crippen LogP contribution in [-0.4, -0.2) is 46.9 Å². The van der Waals surface area contributed by atoms with E-state index in [4.69, 9.17) is 19.9 Å². The Morgan fingerprint density at radius 3 is 2.15 bits per heavy atom. The van der Waals surface area contributed by atoms with E-state index >= 15 is 0 Å². The molecule has 0 aliphatic rings. The van der Waals surface area contributed by atoms with Crippen LogP contribution in [-0.2, 0) is 31.2 Å². The van der Waals surface area contributed by atoms with Gasteiger partial charge in [0.05, 0.1) is 29.9 Å². The minimum Gasteiger partial charge on any atom is -0.493 e. The molecule has 4 rings (SSSR count). The minimum atomic E-state index is -4.08. The van der Waals surface area contributed by atoms with Crippen molar-refractivity contribution in [2.75, 3.05) is 24.5 Å². The van der Waals surface area contributed by atoms with Crippen LogP contribution in [0.15, 0.2) is 46.3 Å². The van der Waals surface area contributed by atoms with Gasteiger partial charge in [-0.05, 0) is 38.8 Å². The van der Waals surface area contributed by atoms with Crippen LogP contribution in [0.5, 0.6) is 23.0 Å². The molecule has 0 saturated carbocycles. The highest BCUT2D eigenvalue weighted by Gasteiger charge is 2.23. The fourth-order valence-corrected chi connectivity index (χ4v) is 5.20. The molecular weight excluding hydrogens is 536 g/mol. The highest BCUT2D eigenvalue weighted by molar-refractivity contribution is 7.92. The third kappa shape index (κ3) is 6.26. The van der Waals surface area contributed by atoms with Crippen LogP contribution in [0, 0.1) is 6.92 Å². The Bertz CT molecular complexity index is 1650. The lowest BCUT2D eigenvalue weighted by molar-refractivity contribution is 0.294. The van der Waals surface area contributed by atoms with Gasteiger partial charge in [-0.2, -0.15) is 8.42 Å². The van der Waals surface area contributed by atoms with Crippen LogP contribution in [0.4, 0.5) is 5.69 Å². The number of hydrogen-bond donors (Lipinski definition) is 2. The summed E-state index contributed by atoms with van der Waals surface area (Å²) < 4.78 is 51.7. The van der Waals surface area contributed by atoms with Gasteiger partial charge >= 0.3 is 5.69 Å². The Labute approximate surface area is 233 Å². The van der Waals surface area contributed by atoms with Crippen LogP contribution in [0.2, 0.25) is 0 Å². The number of imidazole rings is 2. The Hall–Kier alpha value is -3.97. The van der Waals surface area contributed by atoms with E-state index in [-0.39, 0.29) is 22.2 Å². The standard InChI is InChI=1S/C27H36N6O6S/c1-6-10-37-19-12-20(38-11-8-7-9-28)14-21(13-19)39-25-16-24-23(32(4)27(34)33(24)5)15-22(25)30-40(35,36)26-17-31(3)18(2)29-26/h12-17,30H,6-11,28H2,1-5H3. The Kier molecular flexibility index (Phi) is 8.74. The van der Waals surface area contributed by atoms with Gasteiger partial charge in [-0.3, -0.25) is 13.9 Å². The summed E-state index contributed by atoms with van der Waals surface area (Å²) in [5.74, 6) is 2.19. The fourth-order valence-electron chi connectivity index (χ4n) is 4.10. The average Bonchev–Trinajstić information content (AvgIpc) is 3.37. The van der Waals surface area contributed by atoms with Crippen LogP contribution in [0.1, 0.15) is 32.0 Å². The number of nitrogens with zero attached hydrogens (tertiary/aromatic N) is 4. The number of fused-ring (bicyclic) bond motifs is 1. The second-order valence-electron chi connectivity index (χ2n) is 9.52. The van der Waals surface area contributed by atoms with Crippen molar-refractivity contribution in [3.63, 3.8) is 0 Å². The third-order valence-corrected chi connectivity index (χ3v) is 7.64. The number of rotatable bonds is 13. The molecule has 2 aromatic heterocycles. The monoisotopic (exact) mass is 572 g/mol. The second kappa shape index (κ2) is 12.0. The molecule has 12 nitrogen and oxygen atoms in total. The van der Waals surface area contributed by atoms with Crippen LogP contribution in [0.25, 0.3) is 11.0 Å². The molecular formula is C27H36N6O6S. The van der Waals surface area contributed by atoms with Gasteiger partial charge in [-0.25, -0.2) is 9.78 Å². The van der Waals surface area contributed by atoms with Crippen molar-refractivity contribution in [2.45, 2.75) is 38.1 Å². The fraction of sp³-hybridized carbons (Fsp3) is 0.407. The summed E-state index contributed by atoms with van der Waals surface area (Å²) in [7, 11) is 0.897. The van der Waals surface area contributed by atoms with E-state index in [0.29, 0.717) is 53.9 Å². The normalized spacial score (nSPS) is 11.7. The van der Waals surface area contributed by atoms with E-state index in [1.165, 1.54) is 15.3 Å². The molecule has 0 fully saturated rings. The van der Waals surface area contributed by atoms with E-state index in [1.807, 2.05) is 6.92 Å². The minimum absolute atomic E-state index is 0.136. The summed E-state index contributed by atoms with van der Waals surface area (Å²) in [6, 6.07) is 8.38. The Morgan fingerprint density at radius 1 is 0.925 bits per heavy atom. The maximum absolute atomic E-state index is 13.3. The first-order valence-electron chi connectivity index (χ1n) is 13.0. The summed E-state index contributed by atoms with van der Waals surface area (Å²) in [4.78, 5) is 16.8. The maximum Gasteiger partial charge on any atom is 0.328 e. The molecule has 4 aromatic rings. The molecule has 3 N–H and O–H groups in total. The number of aryl methyl sites for hydroxylation is 4. The number of benzene rings is 2. The molecule has 0 spiro atoms. The van der Waals surface area contributed by atoms with Crippen molar-refractivity contribution in [2.24, 2.45) is 26.9 Å². The van der Waals surface area contributed by atoms with Gasteiger partial charge in [-0.1, -0.05) is 6.92 Å².